The van der Waals surface area contributed by atoms with Crippen LogP contribution in [0.1, 0.15) is 40.0 Å². The van der Waals surface area contributed by atoms with Gasteiger partial charge >= 0.3 is 6.09 Å². The average Bonchev–Trinajstić information content (AvgIpc) is 2.62. The molecule has 2 rings (SSSR count). The van der Waals surface area contributed by atoms with Crippen molar-refractivity contribution in [1.82, 2.24) is 4.90 Å². The number of anilines is 1. The summed E-state index contributed by atoms with van der Waals surface area (Å²) in [6.07, 6.45) is 2.44. The van der Waals surface area contributed by atoms with Crippen LogP contribution in [0.4, 0.5) is 14.9 Å². The van der Waals surface area contributed by atoms with Gasteiger partial charge in [0.25, 0.3) is 0 Å². The third-order valence-corrected chi connectivity index (χ3v) is 3.58. The third kappa shape index (κ3) is 5.20. The molecular weight excluding hydrogens is 283 g/mol. The summed E-state index contributed by atoms with van der Waals surface area (Å²) in [4.78, 5) is 13.9. The first-order valence-electron chi connectivity index (χ1n) is 7.83. The number of halogens is 1. The Kier molecular flexibility index (Phi) is 5.27. The van der Waals surface area contributed by atoms with Crippen LogP contribution in [0, 0.1) is 5.82 Å². The van der Waals surface area contributed by atoms with E-state index in [0.29, 0.717) is 13.1 Å². The molecule has 0 spiro atoms. The predicted molar refractivity (Wildman–Crippen MR) is 85.5 cm³/mol. The molecule has 122 valence electrons. The topological polar surface area (TPSA) is 41.6 Å². The number of carbonyl (C=O) groups is 1. The van der Waals surface area contributed by atoms with E-state index in [4.69, 9.17) is 4.74 Å². The Hall–Kier alpha value is -1.78. The molecule has 1 aromatic carbocycles. The first kappa shape index (κ1) is 16.6. The average molecular weight is 308 g/mol. The number of hydrogen-bond donors (Lipinski definition) is 1. The minimum absolute atomic E-state index is 0.242. The molecular formula is C17H25FN2O2. The first-order valence-corrected chi connectivity index (χ1v) is 7.83. The summed E-state index contributed by atoms with van der Waals surface area (Å²) in [6, 6.07) is 6.73. The summed E-state index contributed by atoms with van der Waals surface area (Å²) in [7, 11) is 0. The summed E-state index contributed by atoms with van der Waals surface area (Å²) < 4.78 is 18.6. The Morgan fingerprint density at radius 2 is 2.09 bits per heavy atom. The van der Waals surface area contributed by atoms with Crippen LogP contribution >= 0.6 is 0 Å². The standard InChI is InChI=1S/C17H25FN2O2/c1-17(2,3)22-16(21)20-10-5-8-14(9-11-20)19-15-7-4-6-13(18)12-15/h4,6-7,12,14,19H,5,8-11H2,1-3H3. The van der Waals surface area contributed by atoms with Gasteiger partial charge in [-0.25, -0.2) is 9.18 Å². The van der Waals surface area contributed by atoms with E-state index in [0.717, 1.165) is 24.9 Å². The number of benzene rings is 1. The second-order valence-corrected chi connectivity index (χ2v) is 6.75. The summed E-state index contributed by atoms with van der Waals surface area (Å²) in [6.45, 7) is 6.98. The van der Waals surface area contributed by atoms with Gasteiger partial charge in [0.1, 0.15) is 11.4 Å². The quantitative estimate of drug-likeness (QED) is 0.897. The molecule has 1 aromatic rings. The number of nitrogens with zero attached hydrogens (tertiary/aromatic N) is 1. The lowest BCUT2D eigenvalue weighted by Gasteiger charge is -2.26. The van der Waals surface area contributed by atoms with Crippen LogP contribution in [0.2, 0.25) is 0 Å². The highest BCUT2D eigenvalue weighted by Gasteiger charge is 2.25. The maximum Gasteiger partial charge on any atom is 0.410 e. The number of rotatable bonds is 2. The van der Waals surface area contributed by atoms with Crippen molar-refractivity contribution >= 4 is 11.8 Å². The first-order chi connectivity index (χ1) is 10.3. The van der Waals surface area contributed by atoms with Crippen LogP contribution in [0.3, 0.4) is 0 Å². The van der Waals surface area contributed by atoms with Gasteiger partial charge in [0.15, 0.2) is 0 Å². The van der Waals surface area contributed by atoms with Crippen LogP contribution in [0.5, 0.6) is 0 Å². The largest absolute Gasteiger partial charge is 0.444 e. The highest BCUT2D eigenvalue weighted by Crippen LogP contribution is 2.19. The van der Waals surface area contributed by atoms with Gasteiger partial charge in [-0.3, -0.25) is 0 Å². The van der Waals surface area contributed by atoms with Gasteiger partial charge in [0, 0.05) is 24.8 Å². The molecule has 0 aliphatic carbocycles. The van der Waals surface area contributed by atoms with Crippen molar-refractivity contribution in [2.24, 2.45) is 0 Å². The van der Waals surface area contributed by atoms with Gasteiger partial charge in [-0.2, -0.15) is 0 Å². The zero-order valence-electron chi connectivity index (χ0n) is 13.6. The normalized spacial score (nSPS) is 19.5. The van der Waals surface area contributed by atoms with Gasteiger partial charge in [-0.05, 0) is 58.2 Å². The van der Waals surface area contributed by atoms with Crippen molar-refractivity contribution in [3.63, 3.8) is 0 Å². The number of ether oxygens (including phenoxy) is 1. The van der Waals surface area contributed by atoms with E-state index < -0.39 is 5.60 Å². The highest BCUT2D eigenvalue weighted by atomic mass is 19.1. The lowest BCUT2D eigenvalue weighted by Crippen LogP contribution is -2.37. The second kappa shape index (κ2) is 6.99. The highest BCUT2D eigenvalue weighted by molar-refractivity contribution is 5.68. The van der Waals surface area contributed by atoms with E-state index in [2.05, 4.69) is 5.32 Å². The van der Waals surface area contributed by atoms with Crippen molar-refractivity contribution in [1.29, 1.82) is 0 Å². The fraction of sp³-hybridized carbons (Fsp3) is 0.588. The summed E-state index contributed by atoms with van der Waals surface area (Å²) in [5.74, 6) is -0.242. The van der Waals surface area contributed by atoms with E-state index in [1.807, 2.05) is 26.8 Å². The van der Waals surface area contributed by atoms with Gasteiger partial charge in [-0.1, -0.05) is 6.07 Å². The Bertz CT molecular complexity index is 514. The Labute approximate surface area is 131 Å². The molecule has 1 fully saturated rings. The zero-order valence-corrected chi connectivity index (χ0v) is 13.6. The summed E-state index contributed by atoms with van der Waals surface area (Å²) in [5, 5.41) is 3.35. The lowest BCUT2D eigenvalue weighted by molar-refractivity contribution is 0.0256. The number of nitrogens with one attached hydrogen (secondary N) is 1. The predicted octanol–water partition coefficient (Wildman–Crippen LogP) is 4.03. The van der Waals surface area contributed by atoms with Crippen LogP contribution in [0.15, 0.2) is 24.3 Å². The van der Waals surface area contributed by atoms with Crippen molar-refractivity contribution in [2.45, 2.75) is 51.7 Å². The smallest absolute Gasteiger partial charge is 0.410 e. The van der Waals surface area contributed by atoms with Crippen molar-refractivity contribution in [2.75, 3.05) is 18.4 Å². The minimum Gasteiger partial charge on any atom is -0.444 e. The van der Waals surface area contributed by atoms with E-state index in [1.165, 1.54) is 12.1 Å². The fourth-order valence-electron chi connectivity index (χ4n) is 2.56. The molecule has 1 aliphatic heterocycles. The maximum atomic E-state index is 13.2. The molecule has 5 heteroatoms. The molecule has 1 atom stereocenters. The lowest BCUT2D eigenvalue weighted by atomic mass is 10.1. The molecule has 1 N–H and O–H groups in total. The van der Waals surface area contributed by atoms with E-state index in [1.54, 1.807) is 11.0 Å². The Balaban J connectivity index is 1.88. The molecule has 1 unspecified atom stereocenters. The molecule has 0 radical (unpaired) electrons. The SMILES string of the molecule is CC(C)(C)OC(=O)N1CCCC(Nc2cccc(F)c2)CC1. The van der Waals surface area contributed by atoms with Crippen LogP contribution < -0.4 is 5.32 Å². The minimum atomic E-state index is -0.470. The van der Waals surface area contributed by atoms with Gasteiger partial charge < -0.3 is 15.0 Å². The third-order valence-electron chi connectivity index (χ3n) is 3.58. The molecule has 0 saturated carbocycles. The Morgan fingerprint density at radius 1 is 1.32 bits per heavy atom. The number of hydrogen-bond acceptors (Lipinski definition) is 3. The Morgan fingerprint density at radius 3 is 2.77 bits per heavy atom. The van der Waals surface area contributed by atoms with Gasteiger partial charge in [-0.15, -0.1) is 0 Å². The van der Waals surface area contributed by atoms with Crippen molar-refractivity contribution in [3.8, 4) is 0 Å². The number of likely N-dealkylation sites (tertiary alicyclic amines) is 1. The number of carbonyl (C=O) groups excluding carboxylic acids is 1. The van der Waals surface area contributed by atoms with Crippen LogP contribution in [-0.2, 0) is 4.74 Å². The van der Waals surface area contributed by atoms with Gasteiger partial charge in [0.05, 0.1) is 0 Å². The number of amides is 1. The van der Waals surface area contributed by atoms with Gasteiger partial charge in [0.2, 0.25) is 0 Å². The zero-order chi connectivity index (χ0) is 16.2. The van der Waals surface area contributed by atoms with Crippen LogP contribution in [-0.4, -0.2) is 35.7 Å². The van der Waals surface area contributed by atoms with Crippen LogP contribution in [0.25, 0.3) is 0 Å². The molecule has 4 nitrogen and oxygen atoms in total. The van der Waals surface area contributed by atoms with Crippen molar-refractivity contribution in [3.05, 3.63) is 30.1 Å². The van der Waals surface area contributed by atoms with E-state index >= 15 is 0 Å². The second-order valence-electron chi connectivity index (χ2n) is 6.75. The molecule has 1 heterocycles. The van der Waals surface area contributed by atoms with E-state index in [-0.39, 0.29) is 18.0 Å². The maximum absolute atomic E-state index is 13.2. The molecule has 1 saturated heterocycles. The monoisotopic (exact) mass is 308 g/mol. The molecule has 0 bridgehead atoms. The van der Waals surface area contributed by atoms with E-state index in [9.17, 15) is 9.18 Å². The molecule has 1 amide bonds. The summed E-state index contributed by atoms with van der Waals surface area (Å²) in [5.41, 5.74) is 0.318. The molecule has 1 aliphatic rings. The molecule has 22 heavy (non-hydrogen) atoms. The van der Waals surface area contributed by atoms with Crippen molar-refractivity contribution < 1.29 is 13.9 Å². The summed E-state index contributed by atoms with van der Waals surface area (Å²) >= 11 is 0. The fourth-order valence-corrected chi connectivity index (χ4v) is 2.56. The molecule has 0 aromatic heterocycles.